The molecule has 1 aliphatic heterocycles. The summed E-state index contributed by atoms with van der Waals surface area (Å²) in [6.07, 6.45) is 5.10. The average molecular weight is 216 g/mol. The largest absolute Gasteiger partial charge is 0.384 e. The van der Waals surface area contributed by atoms with E-state index in [4.69, 9.17) is 4.74 Å². The highest BCUT2D eigenvalue weighted by Gasteiger charge is 2.18. The molecular weight excluding hydrogens is 200 g/mol. The summed E-state index contributed by atoms with van der Waals surface area (Å²) < 4.78 is 5.38. The zero-order chi connectivity index (χ0) is 11.0. The quantitative estimate of drug-likeness (QED) is 0.770. The smallest absolute Gasteiger partial charge is 0.100 e. The van der Waals surface area contributed by atoms with Crippen LogP contribution in [0.2, 0.25) is 0 Å². The maximum absolute atomic E-state index is 10.2. The molecule has 1 unspecified atom stereocenters. The van der Waals surface area contributed by atoms with E-state index in [-0.39, 0.29) is 0 Å². The van der Waals surface area contributed by atoms with Gasteiger partial charge in [0.05, 0.1) is 13.2 Å². The summed E-state index contributed by atoms with van der Waals surface area (Å²) >= 11 is 0. The lowest BCUT2D eigenvalue weighted by Crippen LogP contribution is -2.00. The standard InChI is InChI=1S/C14H16O2/c15-14(10-3-1-2-4-10)11-5-6-12-8-16-9-13(12)7-11/h3,5-7,14-15H,1-2,4,8-9H2. The van der Waals surface area contributed by atoms with Crippen molar-refractivity contribution in [1.29, 1.82) is 0 Å². The van der Waals surface area contributed by atoms with Gasteiger partial charge in [-0.3, -0.25) is 0 Å². The van der Waals surface area contributed by atoms with E-state index in [1.807, 2.05) is 6.07 Å². The summed E-state index contributed by atoms with van der Waals surface area (Å²) in [4.78, 5) is 0. The summed E-state index contributed by atoms with van der Waals surface area (Å²) in [5, 5.41) is 10.2. The molecule has 1 heterocycles. The first-order valence-corrected chi connectivity index (χ1v) is 5.91. The zero-order valence-electron chi connectivity index (χ0n) is 9.28. The molecule has 2 heteroatoms. The summed E-state index contributed by atoms with van der Waals surface area (Å²) in [6.45, 7) is 1.41. The van der Waals surface area contributed by atoms with Crippen molar-refractivity contribution >= 4 is 0 Å². The second kappa shape index (κ2) is 4.04. The predicted molar refractivity (Wildman–Crippen MR) is 61.8 cm³/mol. The first-order valence-electron chi connectivity index (χ1n) is 5.91. The maximum atomic E-state index is 10.2. The normalized spacial score (nSPS) is 20.7. The summed E-state index contributed by atoms with van der Waals surface area (Å²) in [7, 11) is 0. The molecule has 2 aliphatic rings. The van der Waals surface area contributed by atoms with Gasteiger partial charge in [0.1, 0.15) is 6.10 Å². The molecule has 0 saturated heterocycles. The van der Waals surface area contributed by atoms with Crippen molar-refractivity contribution in [3.63, 3.8) is 0 Å². The van der Waals surface area contributed by atoms with Gasteiger partial charge in [0, 0.05) is 0 Å². The topological polar surface area (TPSA) is 29.5 Å². The lowest BCUT2D eigenvalue weighted by atomic mass is 9.97. The highest BCUT2D eigenvalue weighted by Crippen LogP contribution is 2.32. The Morgan fingerprint density at radius 3 is 2.88 bits per heavy atom. The highest BCUT2D eigenvalue weighted by atomic mass is 16.5. The molecule has 0 spiro atoms. The molecule has 0 amide bonds. The van der Waals surface area contributed by atoms with Gasteiger partial charge in [-0.15, -0.1) is 0 Å². The number of fused-ring (bicyclic) bond motifs is 1. The number of allylic oxidation sites excluding steroid dienone is 1. The second-order valence-electron chi connectivity index (χ2n) is 4.59. The number of aliphatic hydroxyl groups excluding tert-OH is 1. The van der Waals surface area contributed by atoms with Gasteiger partial charge in [0.15, 0.2) is 0 Å². The van der Waals surface area contributed by atoms with Crippen LogP contribution in [0.3, 0.4) is 0 Å². The van der Waals surface area contributed by atoms with E-state index in [0.29, 0.717) is 13.2 Å². The lowest BCUT2D eigenvalue weighted by molar-refractivity contribution is 0.134. The summed E-state index contributed by atoms with van der Waals surface area (Å²) in [6, 6.07) is 6.19. The van der Waals surface area contributed by atoms with Crippen LogP contribution in [0.15, 0.2) is 29.8 Å². The molecule has 0 aromatic heterocycles. The Hall–Kier alpha value is -1.12. The molecule has 0 saturated carbocycles. The number of aliphatic hydroxyl groups is 1. The first-order chi connectivity index (χ1) is 7.84. The summed E-state index contributed by atoms with van der Waals surface area (Å²) in [5.41, 5.74) is 4.68. The van der Waals surface area contributed by atoms with Gasteiger partial charge in [0.25, 0.3) is 0 Å². The Morgan fingerprint density at radius 1 is 1.19 bits per heavy atom. The molecule has 0 bridgehead atoms. The van der Waals surface area contributed by atoms with Crippen molar-refractivity contribution in [3.8, 4) is 0 Å². The van der Waals surface area contributed by atoms with Crippen molar-refractivity contribution in [2.75, 3.05) is 0 Å². The van der Waals surface area contributed by atoms with Crippen molar-refractivity contribution in [1.82, 2.24) is 0 Å². The fourth-order valence-electron chi connectivity index (χ4n) is 2.52. The van der Waals surface area contributed by atoms with Gasteiger partial charge in [-0.1, -0.05) is 24.3 Å². The monoisotopic (exact) mass is 216 g/mol. The molecule has 1 aliphatic carbocycles. The van der Waals surface area contributed by atoms with Crippen LogP contribution in [0.5, 0.6) is 0 Å². The van der Waals surface area contributed by atoms with Crippen LogP contribution in [0, 0.1) is 0 Å². The molecule has 1 N–H and O–H groups in total. The Bertz CT molecular complexity index is 434. The highest BCUT2D eigenvalue weighted by molar-refractivity contribution is 5.37. The first kappa shape index (κ1) is 10.1. The van der Waals surface area contributed by atoms with Crippen LogP contribution in [0.1, 0.15) is 42.1 Å². The molecule has 16 heavy (non-hydrogen) atoms. The van der Waals surface area contributed by atoms with Crippen LogP contribution in [-0.2, 0) is 18.0 Å². The minimum Gasteiger partial charge on any atom is -0.384 e. The number of rotatable bonds is 2. The number of benzene rings is 1. The Morgan fingerprint density at radius 2 is 2.06 bits per heavy atom. The Kier molecular flexibility index (Phi) is 2.54. The number of ether oxygens (including phenoxy) is 1. The van der Waals surface area contributed by atoms with Crippen molar-refractivity contribution in [2.24, 2.45) is 0 Å². The third-order valence-electron chi connectivity index (χ3n) is 3.49. The van der Waals surface area contributed by atoms with Crippen molar-refractivity contribution in [2.45, 2.75) is 38.6 Å². The molecule has 1 atom stereocenters. The van der Waals surface area contributed by atoms with Gasteiger partial charge in [-0.25, -0.2) is 0 Å². The fraction of sp³-hybridized carbons (Fsp3) is 0.429. The minimum absolute atomic E-state index is 0.409. The third kappa shape index (κ3) is 1.68. The number of hydrogen-bond donors (Lipinski definition) is 1. The molecule has 1 aromatic carbocycles. The van der Waals surface area contributed by atoms with E-state index in [2.05, 4.69) is 18.2 Å². The van der Waals surface area contributed by atoms with Crippen LogP contribution in [0.4, 0.5) is 0 Å². The predicted octanol–water partition coefficient (Wildman–Crippen LogP) is 2.86. The van der Waals surface area contributed by atoms with Gasteiger partial charge in [-0.05, 0) is 41.5 Å². The van der Waals surface area contributed by atoms with E-state index in [1.54, 1.807) is 0 Å². The van der Waals surface area contributed by atoms with E-state index in [0.717, 1.165) is 18.4 Å². The molecule has 0 radical (unpaired) electrons. The summed E-state index contributed by atoms with van der Waals surface area (Å²) in [5.74, 6) is 0. The van der Waals surface area contributed by atoms with Crippen LogP contribution in [0.25, 0.3) is 0 Å². The molecule has 84 valence electrons. The Balaban J connectivity index is 1.89. The van der Waals surface area contributed by atoms with Crippen LogP contribution >= 0.6 is 0 Å². The third-order valence-corrected chi connectivity index (χ3v) is 3.49. The van der Waals surface area contributed by atoms with Gasteiger partial charge < -0.3 is 9.84 Å². The van der Waals surface area contributed by atoms with Gasteiger partial charge in [0.2, 0.25) is 0 Å². The van der Waals surface area contributed by atoms with Crippen LogP contribution in [-0.4, -0.2) is 5.11 Å². The van der Waals surface area contributed by atoms with E-state index in [1.165, 1.54) is 23.1 Å². The van der Waals surface area contributed by atoms with E-state index in [9.17, 15) is 5.11 Å². The average Bonchev–Trinajstić information content (AvgIpc) is 2.98. The molecule has 1 aromatic rings. The molecular formula is C14H16O2. The van der Waals surface area contributed by atoms with Crippen molar-refractivity contribution in [3.05, 3.63) is 46.5 Å². The van der Waals surface area contributed by atoms with Gasteiger partial charge >= 0.3 is 0 Å². The zero-order valence-corrected chi connectivity index (χ0v) is 9.28. The van der Waals surface area contributed by atoms with E-state index < -0.39 is 6.10 Å². The SMILES string of the molecule is OC(C1=CCCC1)c1ccc2c(c1)COC2. The van der Waals surface area contributed by atoms with Crippen molar-refractivity contribution < 1.29 is 9.84 Å². The maximum Gasteiger partial charge on any atom is 0.100 e. The fourth-order valence-corrected chi connectivity index (χ4v) is 2.52. The number of hydrogen-bond acceptors (Lipinski definition) is 2. The van der Waals surface area contributed by atoms with Crippen LogP contribution < -0.4 is 0 Å². The second-order valence-corrected chi connectivity index (χ2v) is 4.59. The minimum atomic E-state index is -0.409. The Labute approximate surface area is 95.6 Å². The molecule has 0 fully saturated rings. The molecule has 3 rings (SSSR count). The lowest BCUT2D eigenvalue weighted by Gasteiger charge is -2.13. The molecule has 2 nitrogen and oxygen atoms in total. The van der Waals surface area contributed by atoms with E-state index >= 15 is 0 Å². The van der Waals surface area contributed by atoms with Gasteiger partial charge in [-0.2, -0.15) is 0 Å².